The fourth-order valence-corrected chi connectivity index (χ4v) is 1.40. The van der Waals surface area contributed by atoms with Crippen molar-refractivity contribution >= 4 is 11.4 Å². The van der Waals surface area contributed by atoms with Crippen LogP contribution in [-0.4, -0.2) is 23.2 Å². The van der Waals surface area contributed by atoms with Crippen LogP contribution in [-0.2, 0) is 6.18 Å². The van der Waals surface area contributed by atoms with E-state index in [1.165, 1.54) is 0 Å². The predicted molar refractivity (Wildman–Crippen MR) is 58.1 cm³/mol. The van der Waals surface area contributed by atoms with Gasteiger partial charge in [0.25, 0.3) is 5.69 Å². The molecule has 0 radical (unpaired) electrons. The average molecular weight is 275 g/mol. The van der Waals surface area contributed by atoms with E-state index >= 15 is 0 Å². The Bertz CT molecular complexity index is 525. The number of benzene rings is 1. The number of rotatable bonds is 4. The van der Waals surface area contributed by atoms with Crippen molar-refractivity contribution < 1.29 is 23.2 Å². The lowest BCUT2D eigenvalue weighted by atomic mass is 10.1. The van der Waals surface area contributed by atoms with Crippen LogP contribution in [0, 0.1) is 21.6 Å². The van der Waals surface area contributed by atoms with Gasteiger partial charge in [0.2, 0.25) is 0 Å². The van der Waals surface area contributed by atoms with E-state index < -0.39 is 29.0 Å². The van der Waals surface area contributed by atoms with Crippen molar-refractivity contribution in [3.63, 3.8) is 0 Å². The maximum absolute atomic E-state index is 12.5. The van der Waals surface area contributed by atoms with Gasteiger partial charge in [-0.1, -0.05) is 0 Å². The third-order valence-corrected chi connectivity index (χ3v) is 2.23. The van der Waals surface area contributed by atoms with E-state index in [0.717, 1.165) is 11.0 Å². The minimum absolute atomic E-state index is 0.247. The minimum atomic E-state index is -4.71. The molecule has 0 aliphatic heterocycles. The van der Waals surface area contributed by atoms with Crippen LogP contribution in [0.5, 0.6) is 0 Å². The summed E-state index contributed by atoms with van der Waals surface area (Å²) >= 11 is 0. The summed E-state index contributed by atoms with van der Waals surface area (Å²) in [5, 5.41) is 28.2. The van der Waals surface area contributed by atoms with E-state index in [-0.39, 0.29) is 12.2 Å². The van der Waals surface area contributed by atoms with Crippen LogP contribution < -0.4 is 4.90 Å². The maximum atomic E-state index is 12.5. The van der Waals surface area contributed by atoms with Gasteiger partial charge >= 0.3 is 6.18 Å². The Morgan fingerprint density at radius 2 is 2.11 bits per heavy atom. The van der Waals surface area contributed by atoms with E-state index in [1.54, 1.807) is 6.19 Å². The number of halogens is 3. The van der Waals surface area contributed by atoms with Crippen molar-refractivity contribution in [1.82, 2.24) is 0 Å². The molecular weight excluding hydrogens is 267 g/mol. The van der Waals surface area contributed by atoms with Crippen molar-refractivity contribution in [2.75, 3.05) is 18.1 Å². The first-order chi connectivity index (χ1) is 8.81. The number of alkyl halides is 3. The third kappa shape index (κ3) is 3.32. The van der Waals surface area contributed by atoms with Crippen molar-refractivity contribution in [2.45, 2.75) is 6.18 Å². The molecule has 0 saturated carbocycles. The SMILES string of the molecule is N#CN(CCO)c1ccc(C(F)(F)F)cc1[N+](=O)[O-]. The first-order valence-corrected chi connectivity index (χ1v) is 4.95. The number of nitro benzene ring substituents is 1. The lowest BCUT2D eigenvalue weighted by Gasteiger charge is -2.15. The van der Waals surface area contributed by atoms with Gasteiger partial charge in [-0.15, -0.1) is 0 Å². The van der Waals surface area contributed by atoms with Gasteiger partial charge in [-0.3, -0.25) is 15.0 Å². The van der Waals surface area contributed by atoms with Gasteiger partial charge in [-0.25, -0.2) is 0 Å². The van der Waals surface area contributed by atoms with Crippen molar-refractivity contribution in [3.05, 3.63) is 33.9 Å². The molecule has 0 aliphatic carbocycles. The van der Waals surface area contributed by atoms with Crippen LogP contribution in [0.15, 0.2) is 18.2 Å². The zero-order chi connectivity index (χ0) is 14.6. The van der Waals surface area contributed by atoms with Crippen LogP contribution in [0.1, 0.15) is 5.56 Å². The second-order valence-corrected chi connectivity index (χ2v) is 3.43. The van der Waals surface area contributed by atoms with Gasteiger partial charge in [0.05, 0.1) is 23.6 Å². The predicted octanol–water partition coefficient (Wildman–Crippen LogP) is 1.89. The highest BCUT2D eigenvalue weighted by molar-refractivity contribution is 5.66. The smallest absolute Gasteiger partial charge is 0.394 e. The quantitative estimate of drug-likeness (QED) is 0.392. The molecule has 0 fully saturated rings. The molecule has 9 heteroatoms. The van der Waals surface area contributed by atoms with E-state index in [1.807, 2.05) is 0 Å². The first-order valence-electron chi connectivity index (χ1n) is 4.95. The summed E-state index contributed by atoms with van der Waals surface area (Å²) in [6.45, 7) is -0.714. The van der Waals surface area contributed by atoms with Crippen LogP contribution in [0.3, 0.4) is 0 Å². The molecule has 0 unspecified atom stereocenters. The third-order valence-electron chi connectivity index (χ3n) is 2.23. The number of hydrogen-bond acceptors (Lipinski definition) is 5. The molecule has 0 spiro atoms. The van der Waals surface area contributed by atoms with Gasteiger partial charge in [-0.2, -0.15) is 18.4 Å². The fraction of sp³-hybridized carbons (Fsp3) is 0.300. The molecule has 0 aromatic heterocycles. The molecule has 0 saturated heterocycles. The lowest BCUT2D eigenvalue weighted by Crippen LogP contribution is -2.22. The standard InChI is InChI=1S/C10H8F3N3O3/c11-10(12,13)7-1-2-8(9(5-7)16(18)19)15(6-14)3-4-17/h1-2,5,17H,3-4H2. The Hall–Kier alpha value is -2.34. The van der Waals surface area contributed by atoms with Crippen LogP contribution in [0.2, 0.25) is 0 Å². The molecule has 19 heavy (non-hydrogen) atoms. The minimum Gasteiger partial charge on any atom is -0.394 e. The van der Waals surface area contributed by atoms with E-state index in [0.29, 0.717) is 12.1 Å². The molecule has 0 heterocycles. The average Bonchev–Trinajstić information content (AvgIpc) is 2.34. The second kappa shape index (κ2) is 5.53. The molecule has 1 aromatic carbocycles. The highest BCUT2D eigenvalue weighted by atomic mass is 19.4. The number of hydrogen-bond donors (Lipinski definition) is 1. The molecule has 6 nitrogen and oxygen atoms in total. The first kappa shape index (κ1) is 14.7. The summed E-state index contributed by atoms with van der Waals surface area (Å²) in [6.07, 6.45) is -3.15. The number of nitro groups is 1. The molecule has 0 amide bonds. The molecule has 1 N–H and O–H groups in total. The molecule has 1 rings (SSSR count). The number of nitriles is 1. The Morgan fingerprint density at radius 3 is 2.53 bits per heavy atom. The number of anilines is 1. The topological polar surface area (TPSA) is 90.4 Å². The van der Waals surface area contributed by atoms with E-state index in [4.69, 9.17) is 10.4 Å². The Labute approximate surface area is 105 Å². The molecule has 102 valence electrons. The summed E-state index contributed by atoms with van der Waals surface area (Å²) in [4.78, 5) is 10.5. The van der Waals surface area contributed by atoms with Crippen LogP contribution in [0.25, 0.3) is 0 Å². The lowest BCUT2D eigenvalue weighted by molar-refractivity contribution is -0.384. The Morgan fingerprint density at radius 1 is 1.47 bits per heavy atom. The molecule has 0 atom stereocenters. The molecule has 0 aliphatic rings. The van der Waals surface area contributed by atoms with Gasteiger partial charge in [0.15, 0.2) is 6.19 Å². The molecular formula is C10H8F3N3O3. The van der Waals surface area contributed by atoms with Gasteiger partial charge in [0.1, 0.15) is 5.69 Å². The normalized spacial score (nSPS) is 10.9. The second-order valence-electron chi connectivity index (χ2n) is 3.43. The van der Waals surface area contributed by atoms with Crippen LogP contribution >= 0.6 is 0 Å². The van der Waals surface area contributed by atoms with Crippen molar-refractivity contribution in [2.24, 2.45) is 0 Å². The molecule has 1 aromatic rings. The fourth-order valence-electron chi connectivity index (χ4n) is 1.40. The zero-order valence-electron chi connectivity index (χ0n) is 9.39. The number of aliphatic hydroxyl groups is 1. The van der Waals surface area contributed by atoms with Gasteiger partial charge in [0, 0.05) is 6.07 Å². The Balaban J connectivity index is 3.34. The summed E-state index contributed by atoms with van der Waals surface area (Å²) in [6, 6.07) is 1.83. The Kier molecular flexibility index (Phi) is 4.29. The maximum Gasteiger partial charge on any atom is 0.416 e. The summed E-state index contributed by atoms with van der Waals surface area (Å²) in [5.74, 6) is 0. The van der Waals surface area contributed by atoms with Gasteiger partial charge < -0.3 is 5.11 Å². The monoisotopic (exact) mass is 275 g/mol. The van der Waals surface area contributed by atoms with Crippen LogP contribution in [0.4, 0.5) is 24.5 Å². The zero-order valence-corrected chi connectivity index (χ0v) is 9.39. The number of nitrogens with zero attached hydrogens (tertiary/aromatic N) is 3. The molecule has 0 bridgehead atoms. The van der Waals surface area contributed by atoms with Gasteiger partial charge in [-0.05, 0) is 12.1 Å². The number of aliphatic hydroxyl groups excluding tert-OH is 1. The van der Waals surface area contributed by atoms with Crippen molar-refractivity contribution in [3.8, 4) is 6.19 Å². The largest absolute Gasteiger partial charge is 0.416 e. The summed E-state index contributed by atoms with van der Waals surface area (Å²) in [5.41, 5.74) is -2.32. The van der Waals surface area contributed by atoms with E-state index in [9.17, 15) is 23.3 Å². The highest BCUT2D eigenvalue weighted by Gasteiger charge is 2.33. The highest BCUT2D eigenvalue weighted by Crippen LogP contribution is 2.36. The summed E-state index contributed by atoms with van der Waals surface area (Å²) < 4.78 is 37.4. The van der Waals surface area contributed by atoms with E-state index in [2.05, 4.69) is 0 Å². The summed E-state index contributed by atoms with van der Waals surface area (Å²) in [7, 11) is 0. The van der Waals surface area contributed by atoms with Crippen molar-refractivity contribution in [1.29, 1.82) is 5.26 Å².